The van der Waals surface area contributed by atoms with Gasteiger partial charge < -0.3 is 5.32 Å². The molecule has 0 fully saturated rings. The van der Waals surface area contributed by atoms with Crippen molar-refractivity contribution in [1.82, 2.24) is 10.3 Å². The van der Waals surface area contributed by atoms with Gasteiger partial charge >= 0.3 is 0 Å². The lowest BCUT2D eigenvalue weighted by Gasteiger charge is -2.00. The largest absolute Gasteiger partial charge is 0.351 e. The second-order valence-corrected chi connectivity index (χ2v) is 7.11. The van der Waals surface area contributed by atoms with E-state index in [1.165, 1.54) is 11.3 Å². The van der Waals surface area contributed by atoms with E-state index in [9.17, 15) is 4.79 Å². The molecule has 0 saturated heterocycles. The number of nitrogens with one attached hydrogen (secondary N) is 1. The Hall–Kier alpha value is -0.810. The zero-order chi connectivity index (χ0) is 14.1. The van der Waals surface area contributed by atoms with Crippen LogP contribution in [0.4, 0.5) is 0 Å². The van der Waals surface area contributed by atoms with E-state index in [2.05, 4.69) is 43.2 Å². The molecule has 0 aliphatic carbocycles. The number of thiazole rings is 1. The van der Waals surface area contributed by atoms with Gasteiger partial charge in [-0.05, 0) is 24.5 Å². The van der Waals surface area contributed by atoms with E-state index in [-0.39, 0.29) is 5.91 Å². The Balaban J connectivity index is 2.25. The maximum absolute atomic E-state index is 11.8. The van der Waals surface area contributed by atoms with Gasteiger partial charge in [-0.25, -0.2) is 4.98 Å². The quantitative estimate of drug-likeness (QED) is 0.448. The van der Waals surface area contributed by atoms with Gasteiger partial charge in [0.15, 0.2) is 4.34 Å². The van der Waals surface area contributed by atoms with Crippen molar-refractivity contribution < 1.29 is 4.79 Å². The van der Waals surface area contributed by atoms with Crippen LogP contribution in [0.15, 0.2) is 22.7 Å². The van der Waals surface area contributed by atoms with Crippen molar-refractivity contribution in [1.29, 1.82) is 0 Å². The summed E-state index contributed by atoms with van der Waals surface area (Å²) in [5, 5.41) is 2.91. The second-order valence-electron chi connectivity index (χ2n) is 4.57. The van der Waals surface area contributed by atoms with Gasteiger partial charge in [-0.3, -0.25) is 4.79 Å². The number of hydrogen-bond acceptors (Lipinski definition) is 4. The fourth-order valence-corrected chi connectivity index (χ4v) is 3.19. The predicted molar refractivity (Wildman–Crippen MR) is 84.1 cm³/mol. The summed E-state index contributed by atoms with van der Waals surface area (Å²) < 4.78 is 0.962. The van der Waals surface area contributed by atoms with Crippen LogP contribution in [0.5, 0.6) is 0 Å². The fraction of sp³-hybridized carbons (Fsp3) is 0.571. The minimum absolute atomic E-state index is 0.0160. The molecule has 0 radical (unpaired) electrons. The number of carbonyl (C=O) groups excluding carboxylic acids is 1. The highest BCUT2D eigenvalue weighted by atomic mass is 32.2. The molecule has 0 saturated carbocycles. The number of aromatic nitrogens is 1. The number of nitrogens with zero attached hydrogens (tertiary/aromatic N) is 1. The summed E-state index contributed by atoms with van der Waals surface area (Å²) in [4.78, 5) is 16.7. The van der Waals surface area contributed by atoms with Crippen molar-refractivity contribution in [3.63, 3.8) is 0 Å². The van der Waals surface area contributed by atoms with Gasteiger partial charge in [-0.2, -0.15) is 0 Å². The monoisotopic (exact) mass is 298 g/mol. The molecule has 1 N–H and O–H groups in total. The van der Waals surface area contributed by atoms with E-state index in [0.717, 1.165) is 22.9 Å². The third kappa shape index (κ3) is 6.78. The van der Waals surface area contributed by atoms with Crippen LogP contribution in [-0.4, -0.2) is 23.2 Å². The van der Waals surface area contributed by atoms with Gasteiger partial charge in [0.1, 0.15) is 4.88 Å². The lowest BCUT2D eigenvalue weighted by molar-refractivity contribution is 0.0958. The standard InChI is InChI=1S/C14H22N2OS2/c1-4-18-14-16-10-12(19-14)13(17)15-9-7-5-6-8-11(2)3/h5-6,10-11H,4,7-9H2,1-3H3,(H,15,17)/b6-5-. The number of amides is 1. The molecule has 0 aromatic carbocycles. The number of thioether (sulfide) groups is 1. The van der Waals surface area contributed by atoms with Crippen LogP contribution in [0.25, 0.3) is 0 Å². The number of allylic oxidation sites excluding steroid dienone is 1. The third-order valence-electron chi connectivity index (χ3n) is 2.35. The Kier molecular flexibility index (Phi) is 7.82. The Bertz CT molecular complexity index is 413. The van der Waals surface area contributed by atoms with E-state index in [4.69, 9.17) is 0 Å². The van der Waals surface area contributed by atoms with Gasteiger partial charge in [-0.1, -0.05) is 44.7 Å². The molecule has 1 amide bonds. The van der Waals surface area contributed by atoms with Crippen molar-refractivity contribution in [2.24, 2.45) is 5.92 Å². The van der Waals surface area contributed by atoms with Crippen LogP contribution < -0.4 is 5.32 Å². The summed E-state index contributed by atoms with van der Waals surface area (Å²) in [6.07, 6.45) is 7.95. The van der Waals surface area contributed by atoms with Crippen molar-refractivity contribution in [3.8, 4) is 0 Å². The lowest BCUT2D eigenvalue weighted by Crippen LogP contribution is -2.23. The molecule has 0 spiro atoms. The first-order valence-electron chi connectivity index (χ1n) is 6.65. The average Bonchev–Trinajstić information content (AvgIpc) is 2.82. The molecule has 0 bridgehead atoms. The SMILES string of the molecule is CCSc1ncc(C(=O)NCC/C=C\CC(C)C)s1. The normalized spacial score (nSPS) is 11.4. The highest BCUT2D eigenvalue weighted by Gasteiger charge is 2.09. The number of rotatable bonds is 8. The Morgan fingerprint density at radius 1 is 1.53 bits per heavy atom. The lowest BCUT2D eigenvalue weighted by atomic mass is 10.1. The zero-order valence-corrected chi connectivity index (χ0v) is 13.4. The minimum Gasteiger partial charge on any atom is -0.351 e. The van der Waals surface area contributed by atoms with Crippen LogP contribution in [0.1, 0.15) is 43.3 Å². The van der Waals surface area contributed by atoms with Gasteiger partial charge in [-0.15, -0.1) is 11.3 Å². The molecule has 5 heteroatoms. The number of carbonyl (C=O) groups is 1. The molecule has 0 unspecified atom stereocenters. The third-order valence-corrected chi connectivity index (χ3v) is 4.38. The van der Waals surface area contributed by atoms with E-state index >= 15 is 0 Å². The molecular formula is C14H22N2OS2. The van der Waals surface area contributed by atoms with Gasteiger partial charge in [0, 0.05) is 6.54 Å². The topological polar surface area (TPSA) is 42.0 Å². The summed E-state index contributed by atoms with van der Waals surface area (Å²) in [7, 11) is 0. The highest BCUT2D eigenvalue weighted by molar-refractivity contribution is 8.01. The fourth-order valence-electron chi connectivity index (χ4n) is 1.40. The van der Waals surface area contributed by atoms with Crippen molar-refractivity contribution in [2.45, 2.75) is 38.0 Å². The van der Waals surface area contributed by atoms with Crippen molar-refractivity contribution >= 4 is 29.0 Å². The molecule has 3 nitrogen and oxygen atoms in total. The van der Waals surface area contributed by atoms with Crippen molar-refractivity contribution in [3.05, 3.63) is 23.2 Å². The Morgan fingerprint density at radius 2 is 2.32 bits per heavy atom. The molecule has 0 aliphatic heterocycles. The molecule has 1 heterocycles. The van der Waals surface area contributed by atoms with Crippen LogP contribution >= 0.6 is 23.1 Å². The average molecular weight is 298 g/mol. The molecule has 19 heavy (non-hydrogen) atoms. The molecule has 1 aromatic rings. The van der Waals surface area contributed by atoms with Crippen molar-refractivity contribution in [2.75, 3.05) is 12.3 Å². The molecular weight excluding hydrogens is 276 g/mol. The zero-order valence-electron chi connectivity index (χ0n) is 11.8. The van der Waals surface area contributed by atoms with E-state index < -0.39 is 0 Å². The summed E-state index contributed by atoms with van der Waals surface area (Å²) in [5.41, 5.74) is 0. The smallest absolute Gasteiger partial charge is 0.263 e. The maximum atomic E-state index is 11.8. The first-order chi connectivity index (χ1) is 9.13. The van der Waals surface area contributed by atoms with Gasteiger partial charge in [0.25, 0.3) is 5.91 Å². The summed E-state index contributed by atoms with van der Waals surface area (Å²) in [6.45, 7) is 7.15. The molecule has 1 rings (SSSR count). The Morgan fingerprint density at radius 3 is 3.00 bits per heavy atom. The summed E-state index contributed by atoms with van der Waals surface area (Å²) in [6, 6.07) is 0. The number of hydrogen-bond donors (Lipinski definition) is 1. The maximum Gasteiger partial charge on any atom is 0.263 e. The van der Waals surface area contributed by atoms with Crippen LogP contribution in [0.3, 0.4) is 0 Å². The molecule has 0 aliphatic rings. The summed E-state index contributed by atoms with van der Waals surface area (Å²) in [5.74, 6) is 1.66. The van der Waals surface area contributed by atoms with E-state index in [0.29, 0.717) is 17.3 Å². The summed E-state index contributed by atoms with van der Waals surface area (Å²) >= 11 is 3.13. The highest BCUT2D eigenvalue weighted by Crippen LogP contribution is 2.23. The van der Waals surface area contributed by atoms with Crippen LogP contribution in [-0.2, 0) is 0 Å². The molecule has 1 aromatic heterocycles. The second kappa shape index (κ2) is 9.15. The molecule has 106 valence electrons. The predicted octanol–water partition coefficient (Wildman–Crippen LogP) is 3.98. The van der Waals surface area contributed by atoms with Gasteiger partial charge in [0.05, 0.1) is 6.20 Å². The van der Waals surface area contributed by atoms with E-state index in [1.807, 2.05) is 0 Å². The first kappa shape index (κ1) is 16.2. The van der Waals surface area contributed by atoms with Gasteiger partial charge in [0.2, 0.25) is 0 Å². The van der Waals surface area contributed by atoms with Crippen LogP contribution in [0, 0.1) is 5.92 Å². The minimum atomic E-state index is -0.0160. The molecule has 0 atom stereocenters. The Labute approximate surface area is 123 Å². The van der Waals surface area contributed by atoms with Crippen LogP contribution in [0.2, 0.25) is 0 Å². The first-order valence-corrected chi connectivity index (χ1v) is 8.45. The van der Waals surface area contributed by atoms with E-state index in [1.54, 1.807) is 18.0 Å².